The first kappa shape index (κ1) is 17.5. The number of hydrogen-bond donors (Lipinski definition) is 1. The smallest absolute Gasteiger partial charge is 0.267 e. The van der Waals surface area contributed by atoms with E-state index in [9.17, 15) is 4.79 Å². The van der Waals surface area contributed by atoms with Gasteiger partial charge in [-0.05, 0) is 31.2 Å². The van der Waals surface area contributed by atoms with Gasteiger partial charge >= 0.3 is 0 Å². The van der Waals surface area contributed by atoms with Crippen LogP contribution in [0.3, 0.4) is 0 Å². The number of ether oxygens (including phenoxy) is 1. The van der Waals surface area contributed by atoms with E-state index in [1.165, 1.54) is 10.7 Å². The van der Waals surface area contributed by atoms with Crippen molar-refractivity contribution in [1.29, 1.82) is 0 Å². The molecule has 1 saturated heterocycles. The maximum Gasteiger partial charge on any atom is 0.267 e. The second kappa shape index (κ2) is 7.10. The van der Waals surface area contributed by atoms with Gasteiger partial charge in [0.1, 0.15) is 11.6 Å². The molecule has 9 nitrogen and oxygen atoms in total. The van der Waals surface area contributed by atoms with E-state index >= 15 is 0 Å². The van der Waals surface area contributed by atoms with Crippen LogP contribution in [0.2, 0.25) is 0 Å². The van der Waals surface area contributed by atoms with Gasteiger partial charge in [-0.25, -0.2) is 14.2 Å². The summed E-state index contributed by atoms with van der Waals surface area (Å²) in [6.07, 6.45) is 6.91. The molecule has 4 aromatic rings. The summed E-state index contributed by atoms with van der Waals surface area (Å²) < 4.78 is 8.98. The number of rotatable bonds is 4. The van der Waals surface area contributed by atoms with Gasteiger partial charge < -0.3 is 10.1 Å². The van der Waals surface area contributed by atoms with Crippen molar-refractivity contribution in [3.8, 4) is 11.3 Å². The number of nitrogens with one attached hydrogen (secondary N) is 1. The molecule has 0 bridgehead atoms. The molecule has 4 aromatic heterocycles. The largest absolute Gasteiger partial charge is 0.377 e. The van der Waals surface area contributed by atoms with Gasteiger partial charge in [0.15, 0.2) is 5.82 Å². The lowest BCUT2D eigenvalue weighted by molar-refractivity contribution is 0.183. The highest BCUT2D eigenvalue weighted by atomic mass is 16.5. The summed E-state index contributed by atoms with van der Waals surface area (Å²) in [7, 11) is 0. The first-order valence-electron chi connectivity index (χ1n) is 9.34. The first-order valence-corrected chi connectivity index (χ1v) is 9.34. The number of aryl methyl sites for hydroxylation is 1. The minimum Gasteiger partial charge on any atom is -0.377 e. The van der Waals surface area contributed by atoms with Crippen molar-refractivity contribution in [3.05, 3.63) is 71.2 Å². The van der Waals surface area contributed by atoms with Crippen LogP contribution < -0.4 is 10.9 Å². The van der Waals surface area contributed by atoms with Crippen LogP contribution in [0.25, 0.3) is 16.8 Å². The molecule has 1 N–H and O–H groups in total. The lowest BCUT2D eigenvalue weighted by Crippen LogP contribution is -2.37. The van der Waals surface area contributed by atoms with Crippen molar-refractivity contribution < 1.29 is 4.74 Å². The number of anilines is 1. The molecule has 1 fully saturated rings. The van der Waals surface area contributed by atoms with Crippen LogP contribution in [0.5, 0.6) is 0 Å². The Morgan fingerprint density at radius 2 is 1.97 bits per heavy atom. The highest BCUT2D eigenvalue weighted by Gasteiger charge is 2.32. The summed E-state index contributed by atoms with van der Waals surface area (Å²) in [6, 6.07) is 8.56. The molecule has 2 unspecified atom stereocenters. The lowest BCUT2D eigenvalue weighted by atomic mass is 10.1. The Kier molecular flexibility index (Phi) is 4.28. The lowest BCUT2D eigenvalue weighted by Gasteiger charge is -2.21. The normalized spacial score (nSPS) is 18.9. The van der Waals surface area contributed by atoms with Crippen molar-refractivity contribution in [2.24, 2.45) is 0 Å². The maximum atomic E-state index is 12.6. The number of fused-ring (bicyclic) bond motifs is 1. The van der Waals surface area contributed by atoms with Gasteiger partial charge in [-0.1, -0.05) is 0 Å². The monoisotopic (exact) mass is 389 g/mol. The first-order chi connectivity index (χ1) is 14.2. The third kappa shape index (κ3) is 3.25. The standard InChI is InChI=1S/C20H19N7O2/c1-13-10-17-20(22-8-9-26(17)24-13)23-16-11-29-12-18(16)27-19(28)3-2-15(25-27)14-4-6-21-7-5-14/h2-10,16,18H,11-12H2,1H3,(H,22,23). The average Bonchev–Trinajstić information content (AvgIpc) is 3.35. The summed E-state index contributed by atoms with van der Waals surface area (Å²) in [5.74, 6) is 0.701. The summed E-state index contributed by atoms with van der Waals surface area (Å²) >= 11 is 0. The molecule has 0 aromatic carbocycles. The number of pyridine rings is 1. The van der Waals surface area contributed by atoms with Gasteiger partial charge in [-0.15, -0.1) is 0 Å². The molecular formula is C20H19N7O2. The van der Waals surface area contributed by atoms with Crippen molar-refractivity contribution in [2.45, 2.75) is 19.0 Å². The summed E-state index contributed by atoms with van der Waals surface area (Å²) in [6.45, 7) is 2.78. The van der Waals surface area contributed by atoms with E-state index in [0.717, 1.165) is 16.8 Å². The molecule has 1 aliphatic heterocycles. The predicted octanol–water partition coefficient (Wildman–Crippen LogP) is 1.71. The van der Waals surface area contributed by atoms with E-state index in [4.69, 9.17) is 4.74 Å². The minimum absolute atomic E-state index is 0.151. The molecule has 5 rings (SSSR count). The van der Waals surface area contributed by atoms with Crippen LogP contribution in [-0.4, -0.2) is 48.6 Å². The third-order valence-corrected chi connectivity index (χ3v) is 5.00. The van der Waals surface area contributed by atoms with Crippen LogP contribution in [0, 0.1) is 6.92 Å². The molecule has 0 spiro atoms. The maximum absolute atomic E-state index is 12.6. The highest BCUT2D eigenvalue weighted by molar-refractivity contribution is 5.68. The van der Waals surface area contributed by atoms with E-state index in [1.807, 2.05) is 25.1 Å². The fourth-order valence-corrected chi connectivity index (χ4v) is 3.59. The Morgan fingerprint density at radius 3 is 2.83 bits per heavy atom. The number of hydrogen-bond acceptors (Lipinski definition) is 7. The van der Waals surface area contributed by atoms with Crippen LogP contribution in [0.4, 0.5) is 5.82 Å². The van der Waals surface area contributed by atoms with Gasteiger partial charge in [0.2, 0.25) is 0 Å². The zero-order chi connectivity index (χ0) is 19.8. The van der Waals surface area contributed by atoms with Gasteiger partial charge in [0.05, 0.1) is 30.6 Å². The van der Waals surface area contributed by atoms with Gasteiger partial charge in [0.25, 0.3) is 5.56 Å². The highest BCUT2D eigenvalue weighted by Crippen LogP contribution is 2.24. The molecule has 1 aliphatic rings. The predicted molar refractivity (Wildman–Crippen MR) is 107 cm³/mol. The Balaban J connectivity index is 1.49. The fraction of sp³-hybridized carbons (Fsp3) is 0.250. The Morgan fingerprint density at radius 1 is 1.10 bits per heavy atom. The molecule has 0 radical (unpaired) electrons. The molecular weight excluding hydrogens is 370 g/mol. The quantitative estimate of drug-likeness (QED) is 0.567. The molecule has 0 amide bonds. The molecule has 29 heavy (non-hydrogen) atoms. The summed E-state index contributed by atoms with van der Waals surface area (Å²) in [5, 5.41) is 12.4. The van der Waals surface area contributed by atoms with E-state index < -0.39 is 0 Å². The second-order valence-corrected chi connectivity index (χ2v) is 6.98. The van der Waals surface area contributed by atoms with Gasteiger partial charge in [-0.3, -0.25) is 9.78 Å². The fourth-order valence-electron chi connectivity index (χ4n) is 3.59. The molecule has 146 valence electrons. The van der Waals surface area contributed by atoms with Crippen molar-refractivity contribution >= 4 is 11.3 Å². The van der Waals surface area contributed by atoms with E-state index in [-0.39, 0.29) is 17.6 Å². The molecule has 2 atom stereocenters. The van der Waals surface area contributed by atoms with Crippen LogP contribution in [-0.2, 0) is 4.74 Å². The molecule has 9 heteroatoms. The summed E-state index contributed by atoms with van der Waals surface area (Å²) in [4.78, 5) is 21.1. The van der Waals surface area contributed by atoms with Crippen molar-refractivity contribution in [1.82, 2.24) is 29.4 Å². The van der Waals surface area contributed by atoms with E-state index in [2.05, 4.69) is 25.5 Å². The average molecular weight is 389 g/mol. The van der Waals surface area contributed by atoms with Crippen LogP contribution in [0.1, 0.15) is 11.7 Å². The Hall–Kier alpha value is -3.59. The third-order valence-electron chi connectivity index (χ3n) is 5.00. The summed E-state index contributed by atoms with van der Waals surface area (Å²) in [5.41, 5.74) is 3.23. The molecule has 0 aliphatic carbocycles. The number of nitrogens with zero attached hydrogens (tertiary/aromatic N) is 6. The zero-order valence-electron chi connectivity index (χ0n) is 15.8. The SMILES string of the molecule is Cc1cc2c(NC3COCC3n3nc(-c4ccncc4)ccc3=O)nccn2n1. The Labute approximate surface area is 166 Å². The molecule has 0 saturated carbocycles. The van der Waals surface area contributed by atoms with Crippen molar-refractivity contribution in [2.75, 3.05) is 18.5 Å². The van der Waals surface area contributed by atoms with Crippen LogP contribution >= 0.6 is 0 Å². The molecule has 5 heterocycles. The van der Waals surface area contributed by atoms with E-state index in [0.29, 0.717) is 24.7 Å². The van der Waals surface area contributed by atoms with E-state index in [1.54, 1.807) is 35.4 Å². The van der Waals surface area contributed by atoms with Crippen molar-refractivity contribution in [3.63, 3.8) is 0 Å². The zero-order valence-corrected chi connectivity index (χ0v) is 15.8. The Bertz CT molecular complexity index is 1220. The van der Waals surface area contributed by atoms with Crippen LogP contribution in [0.15, 0.2) is 59.9 Å². The van der Waals surface area contributed by atoms with Gasteiger partial charge in [-0.2, -0.15) is 10.2 Å². The second-order valence-electron chi connectivity index (χ2n) is 6.98. The van der Waals surface area contributed by atoms with Gasteiger partial charge in [0, 0.05) is 36.4 Å². The number of aromatic nitrogens is 6. The topological polar surface area (TPSA) is 99.2 Å². The minimum atomic E-state index is -0.254.